The first-order valence-electron chi connectivity index (χ1n) is 8.62. The van der Waals surface area contributed by atoms with Crippen molar-refractivity contribution in [1.82, 2.24) is 4.90 Å². The van der Waals surface area contributed by atoms with E-state index in [2.05, 4.69) is 18.9 Å². The van der Waals surface area contributed by atoms with Crippen LogP contribution in [0.2, 0.25) is 0 Å². The zero-order valence-electron chi connectivity index (χ0n) is 13.0. The molecular weight excluding hydrogens is 234 g/mol. The van der Waals surface area contributed by atoms with Crippen molar-refractivity contribution >= 4 is 0 Å². The van der Waals surface area contributed by atoms with Gasteiger partial charge in [-0.25, -0.2) is 0 Å². The van der Waals surface area contributed by atoms with Gasteiger partial charge in [0.15, 0.2) is 0 Å². The summed E-state index contributed by atoms with van der Waals surface area (Å²) in [5, 5.41) is 10.4. The standard InChI is InChI=1S/C17H33NO/c1-3-4-5-6-7-8-9-17(19)14-12-15-10-11-16(13-14)18(15)2/h14-17,19H,3-13H2,1-2H3. The van der Waals surface area contributed by atoms with Crippen molar-refractivity contribution in [3.8, 4) is 0 Å². The summed E-state index contributed by atoms with van der Waals surface area (Å²) >= 11 is 0. The maximum atomic E-state index is 10.4. The summed E-state index contributed by atoms with van der Waals surface area (Å²) in [6.45, 7) is 2.26. The molecule has 2 heteroatoms. The molecule has 19 heavy (non-hydrogen) atoms. The summed E-state index contributed by atoms with van der Waals surface area (Å²) in [5.74, 6) is 0.587. The van der Waals surface area contributed by atoms with Gasteiger partial charge in [-0.3, -0.25) is 0 Å². The highest BCUT2D eigenvalue weighted by Crippen LogP contribution is 2.39. The lowest BCUT2D eigenvalue weighted by molar-refractivity contribution is 0.0304. The van der Waals surface area contributed by atoms with Crippen LogP contribution in [0.15, 0.2) is 0 Å². The molecule has 3 unspecified atom stereocenters. The average Bonchev–Trinajstić information content (AvgIpc) is 2.65. The van der Waals surface area contributed by atoms with E-state index in [1.165, 1.54) is 64.2 Å². The van der Waals surface area contributed by atoms with Crippen LogP contribution >= 0.6 is 0 Å². The van der Waals surface area contributed by atoms with E-state index in [0.29, 0.717) is 5.92 Å². The Morgan fingerprint density at radius 3 is 2.21 bits per heavy atom. The summed E-state index contributed by atoms with van der Waals surface area (Å²) in [6, 6.07) is 1.53. The van der Waals surface area contributed by atoms with Crippen LogP contribution in [0.4, 0.5) is 0 Å². The number of aliphatic hydroxyl groups is 1. The predicted octanol–water partition coefficient (Wildman–Crippen LogP) is 3.97. The topological polar surface area (TPSA) is 23.5 Å². The lowest BCUT2D eigenvalue weighted by atomic mass is 9.84. The lowest BCUT2D eigenvalue weighted by Gasteiger charge is -2.38. The first-order chi connectivity index (χ1) is 9.22. The number of hydrogen-bond donors (Lipinski definition) is 1. The fourth-order valence-corrected chi connectivity index (χ4v) is 4.14. The van der Waals surface area contributed by atoms with E-state index in [-0.39, 0.29) is 6.10 Å². The molecule has 2 saturated heterocycles. The molecule has 2 bridgehead atoms. The third kappa shape index (κ3) is 4.19. The Balaban J connectivity index is 1.60. The van der Waals surface area contributed by atoms with Crippen LogP contribution in [-0.4, -0.2) is 35.2 Å². The smallest absolute Gasteiger partial charge is 0.0569 e. The van der Waals surface area contributed by atoms with Crippen molar-refractivity contribution in [2.75, 3.05) is 7.05 Å². The minimum absolute atomic E-state index is 0.0250. The Bertz CT molecular complexity index is 242. The van der Waals surface area contributed by atoms with Crippen LogP contribution in [0.3, 0.4) is 0 Å². The van der Waals surface area contributed by atoms with E-state index in [1.54, 1.807) is 0 Å². The molecule has 3 atom stereocenters. The Labute approximate surface area is 119 Å². The zero-order chi connectivity index (χ0) is 13.7. The molecule has 0 saturated carbocycles. The van der Waals surface area contributed by atoms with E-state index < -0.39 is 0 Å². The molecule has 0 aromatic rings. The lowest BCUT2D eigenvalue weighted by Crippen LogP contribution is -2.43. The first-order valence-corrected chi connectivity index (χ1v) is 8.62. The number of hydrogen-bond acceptors (Lipinski definition) is 2. The molecule has 2 rings (SSSR count). The SMILES string of the molecule is CCCCCCCCC(O)C1CC2CCC(C1)N2C. The maximum Gasteiger partial charge on any atom is 0.0569 e. The first kappa shape index (κ1) is 15.3. The molecule has 2 fully saturated rings. The van der Waals surface area contributed by atoms with Gasteiger partial charge < -0.3 is 10.0 Å². The largest absolute Gasteiger partial charge is 0.393 e. The van der Waals surface area contributed by atoms with Crippen molar-refractivity contribution in [3.63, 3.8) is 0 Å². The van der Waals surface area contributed by atoms with Gasteiger partial charge in [0, 0.05) is 12.1 Å². The minimum Gasteiger partial charge on any atom is -0.393 e. The van der Waals surface area contributed by atoms with E-state index in [0.717, 1.165) is 18.5 Å². The van der Waals surface area contributed by atoms with Crippen molar-refractivity contribution in [1.29, 1.82) is 0 Å². The van der Waals surface area contributed by atoms with E-state index in [1.807, 2.05) is 0 Å². The zero-order valence-corrected chi connectivity index (χ0v) is 13.0. The van der Waals surface area contributed by atoms with Crippen molar-refractivity contribution in [2.45, 2.75) is 95.7 Å². The number of piperidine rings is 1. The summed E-state index contributed by atoms with van der Waals surface area (Å²) in [6.07, 6.45) is 14.2. The van der Waals surface area contributed by atoms with Gasteiger partial charge in [0.1, 0.15) is 0 Å². The van der Waals surface area contributed by atoms with Crippen LogP contribution in [0.25, 0.3) is 0 Å². The van der Waals surface area contributed by atoms with Gasteiger partial charge in [0.2, 0.25) is 0 Å². The number of fused-ring (bicyclic) bond motifs is 2. The van der Waals surface area contributed by atoms with Crippen molar-refractivity contribution < 1.29 is 5.11 Å². The summed E-state index contributed by atoms with van der Waals surface area (Å²) < 4.78 is 0. The van der Waals surface area contributed by atoms with Gasteiger partial charge in [0.25, 0.3) is 0 Å². The molecule has 0 aliphatic carbocycles. The van der Waals surface area contributed by atoms with Gasteiger partial charge in [-0.05, 0) is 45.1 Å². The van der Waals surface area contributed by atoms with Crippen LogP contribution < -0.4 is 0 Å². The Kier molecular flexibility index (Phi) is 6.15. The summed E-state index contributed by atoms with van der Waals surface area (Å²) in [4.78, 5) is 2.56. The molecule has 0 amide bonds. The Hall–Kier alpha value is -0.0800. The Morgan fingerprint density at radius 2 is 1.58 bits per heavy atom. The van der Waals surface area contributed by atoms with Crippen LogP contribution in [0, 0.1) is 5.92 Å². The van der Waals surface area contributed by atoms with Gasteiger partial charge in [-0.2, -0.15) is 0 Å². The van der Waals surface area contributed by atoms with Gasteiger partial charge in [0.05, 0.1) is 6.10 Å². The molecule has 0 spiro atoms. The molecule has 1 N–H and O–H groups in total. The van der Waals surface area contributed by atoms with Gasteiger partial charge in [-0.1, -0.05) is 45.4 Å². The highest BCUT2D eigenvalue weighted by Gasteiger charge is 2.40. The normalized spacial score (nSPS) is 32.7. The molecule has 2 aliphatic heterocycles. The highest BCUT2D eigenvalue weighted by molar-refractivity contribution is 4.95. The van der Waals surface area contributed by atoms with E-state index >= 15 is 0 Å². The number of rotatable bonds is 8. The molecule has 2 heterocycles. The molecule has 0 aromatic carbocycles. The monoisotopic (exact) mass is 267 g/mol. The number of nitrogens with zero attached hydrogens (tertiary/aromatic N) is 1. The van der Waals surface area contributed by atoms with Gasteiger partial charge in [-0.15, -0.1) is 0 Å². The maximum absolute atomic E-state index is 10.4. The van der Waals surface area contributed by atoms with E-state index in [4.69, 9.17) is 0 Å². The van der Waals surface area contributed by atoms with Crippen molar-refractivity contribution in [3.05, 3.63) is 0 Å². The third-order valence-corrected chi connectivity index (χ3v) is 5.53. The number of unbranched alkanes of at least 4 members (excludes halogenated alkanes) is 5. The van der Waals surface area contributed by atoms with Crippen LogP contribution in [-0.2, 0) is 0 Å². The second-order valence-electron chi connectivity index (χ2n) is 6.91. The Morgan fingerprint density at radius 1 is 1.00 bits per heavy atom. The van der Waals surface area contributed by atoms with Crippen LogP contribution in [0.5, 0.6) is 0 Å². The summed E-state index contributed by atoms with van der Waals surface area (Å²) in [5.41, 5.74) is 0. The molecule has 2 aliphatic rings. The molecule has 2 nitrogen and oxygen atoms in total. The number of aliphatic hydroxyl groups excluding tert-OH is 1. The van der Waals surface area contributed by atoms with Crippen molar-refractivity contribution in [2.24, 2.45) is 5.92 Å². The quantitative estimate of drug-likeness (QED) is 0.673. The van der Waals surface area contributed by atoms with Crippen LogP contribution in [0.1, 0.15) is 77.6 Å². The fraction of sp³-hybridized carbons (Fsp3) is 1.00. The molecule has 0 radical (unpaired) electrons. The highest BCUT2D eigenvalue weighted by atomic mass is 16.3. The molecular formula is C17H33NO. The minimum atomic E-state index is -0.0250. The molecule has 0 aromatic heterocycles. The fourth-order valence-electron chi connectivity index (χ4n) is 4.14. The second kappa shape index (κ2) is 7.64. The molecule has 112 valence electrons. The predicted molar refractivity (Wildman–Crippen MR) is 81.3 cm³/mol. The average molecular weight is 267 g/mol. The third-order valence-electron chi connectivity index (χ3n) is 5.53. The summed E-state index contributed by atoms with van der Waals surface area (Å²) in [7, 11) is 2.28. The van der Waals surface area contributed by atoms with E-state index in [9.17, 15) is 5.11 Å². The second-order valence-corrected chi connectivity index (χ2v) is 6.91. The van der Waals surface area contributed by atoms with Gasteiger partial charge >= 0.3 is 0 Å².